The molecule has 0 aliphatic rings. The lowest BCUT2D eigenvalue weighted by Crippen LogP contribution is -2.11. The van der Waals surface area contributed by atoms with Crippen molar-refractivity contribution in [2.45, 2.75) is 6.43 Å². The summed E-state index contributed by atoms with van der Waals surface area (Å²) in [6.07, 6.45) is 4.46. The van der Waals surface area contributed by atoms with E-state index in [0.29, 0.717) is 11.5 Å². The normalized spacial score (nSPS) is 10.9. The average molecular weight is 301 g/mol. The molecule has 0 fully saturated rings. The highest BCUT2D eigenvalue weighted by Crippen LogP contribution is 2.19. The van der Waals surface area contributed by atoms with Crippen molar-refractivity contribution in [3.8, 4) is 16.9 Å². The fraction of sp³-hybridized carbons (Fsp3) is 0.133. The predicted molar refractivity (Wildman–Crippen MR) is 79.1 cm³/mol. The highest BCUT2D eigenvalue weighted by Gasteiger charge is 2.07. The quantitative estimate of drug-likeness (QED) is 0.787. The highest BCUT2D eigenvalue weighted by atomic mass is 19.3. The Balaban J connectivity index is 1.83. The second kappa shape index (κ2) is 6.30. The van der Waals surface area contributed by atoms with Crippen LogP contribution in [-0.2, 0) is 0 Å². The van der Waals surface area contributed by atoms with Crippen molar-refractivity contribution in [3.63, 3.8) is 0 Å². The minimum atomic E-state index is -2.42. The third-order valence-corrected chi connectivity index (χ3v) is 2.98. The first-order valence-corrected chi connectivity index (χ1v) is 6.67. The van der Waals surface area contributed by atoms with Crippen LogP contribution >= 0.6 is 0 Å². The van der Waals surface area contributed by atoms with Crippen molar-refractivity contribution >= 4 is 5.82 Å². The van der Waals surface area contributed by atoms with Crippen molar-refractivity contribution in [3.05, 3.63) is 55.1 Å². The first-order valence-electron chi connectivity index (χ1n) is 6.67. The summed E-state index contributed by atoms with van der Waals surface area (Å²) in [6.45, 7) is -0.425. The van der Waals surface area contributed by atoms with Gasteiger partial charge in [-0.3, -0.25) is 4.98 Å². The van der Waals surface area contributed by atoms with Crippen LogP contribution in [0, 0.1) is 0 Å². The maximum atomic E-state index is 12.2. The molecule has 3 heterocycles. The molecule has 0 spiro atoms. The van der Waals surface area contributed by atoms with Crippen LogP contribution in [-0.4, -0.2) is 32.7 Å². The number of halogens is 2. The van der Waals surface area contributed by atoms with E-state index in [1.807, 2.05) is 18.3 Å². The van der Waals surface area contributed by atoms with E-state index in [9.17, 15) is 8.78 Å². The van der Waals surface area contributed by atoms with Gasteiger partial charge in [-0.2, -0.15) is 5.10 Å². The van der Waals surface area contributed by atoms with Gasteiger partial charge in [0.1, 0.15) is 5.82 Å². The maximum Gasteiger partial charge on any atom is 0.255 e. The Morgan fingerprint density at radius 2 is 2.05 bits per heavy atom. The third kappa shape index (κ3) is 3.25. The van der Waals surface area contributed by atoms with Gasteiger partial charge < -0.3 is 5.32 Å². The number of anilines is 1. The molecule has 0 bridgehead atoms. The van der Waals surface area contributed by atoms with Crippen LogP contribution < -0.4 is 5.32 Å². The van der Waals surface area contributed by atoms with Gasteiger partial charge in [0.2, 0.25) is 0 Å². The zero-order valence-corrected chi connectivity index (χ0v) is 11.5. The summed E-state index contributed by atoms with van der Waals surface area (Å²) in [4.78, 5) is 8.35. The lowest BCUT2D eigenvalue weighted by Gasteiger charge is -2.05. The van der Waals surface area contributed by atoms with Gasteiger partial charge >= 0.3 is 0 Å². The molecule has 0 saturated heterocycles. The summed E-state index contributed by atoms with van der Waals surface area (Å²) in [7, 11) is 0. The van der Waals surface area contributed by atoms with E-state index in [1.54, 1.807) is 41.5 Å². The number of hydrogen-bond donors (Lipinski definition) is 1. The first kappa shape index (κ1) is 14.1. The van der Waals surface area contributed by atoms with Gasteiger partial charge in [-0.05, 0) is 24.3 Å². The number of rotatable bonds is 5. The Kier molecular flexibility index (Phi) is 4.04. The summed E-state index contributed by atoms with van der Waals surface area (Å²) < 4.78 is 26.1. The molecule has 3 rings (SSSR count). The number of alkyl halides is 2. The van der Waals surface area contributed by atoms with E-state index in [1.165, 1.54) is 0 Å². The zero-order valence-electron chi connectivity index (χ0n) is 11.5. The van der Waals surface area contributed by atoms with Crippen LogP contribution in [0.1, 0.15) is 0 Å². The Labute approximate surface area is 125 Å². The molecule has 0 aliphatic carbocycles. The number of nitrogens with zero attached hydrogens (tertiary/aromatic N) is 4. The van der Waals surface area contributed by atoms with Crippen LogP contribution in [0.15, 0.2) is 55.1 Å². The van der Waals surface area contributed by atoms with E-state index < -0.39 is 13.0 Å². The number of nitrogens with one attached hydrogen (secondary N) is 1. The molecule has 7 heteroatoms. The lowest BCUT2D eigenvalue weighted by molar-refractivity contribution is 0.163. The van der Waals surface area contributed by atoms with Gasteiger partial charge in [0, 0.05) is 18.0 Å². The Morgan fingerprint density at radius 3 is 2.82 bits per heavy atom. The second-order valence-electron chi connectivity index (χ2n) is 4.56. The van der Waals surface area contributed by atoms with Crippen LogP contribution in [0.25, 0.3) is 16.9 Å². The SMILES string of the molecule is FC(F)CNc1cccc(-c2cnn(-c3cccnc3)c2)n1. The summed E-state index contributed by atoms with van der Waals surface area (Å²) in [5, 5.41) is 6.86. The molecule has 0 saturated carbocycles. The van der Waals surface area contributed by atoms with Crippen molar-refractivity contribution in [2.24, 2.45) is 0 Å². The highest BCUT2D eigenvalue weighted by molar-refractivity contribution is 5.60. The minimum Gasteiger partial charge on any atom is -0.364 e. The third-order valence-electron chi connectivity index (χ3n) is 2.98. The minimum absolute atomic E-state index is 0.409. The van der Waals surface area contributed by atoms with Gasteiger partial charge in [0.25, 0.3) is 6.43 Å². The summed E-state index contributed by atoms with van der Waals surface area (Å²) in [5.74, 6) is 0.409. The monoisotopic (exact) mass is 301 g/mol. The van der Waals surface area contributed by atoms with Crippen molar-refractivity contribution in [1.29, 1.82) is 0 Å². The molecule has 112 valence electrons. The van der Waals surface area contributed by atoms with Crippen molar-refractivity contribution in [1.82, 2.24) is 19.7 Å². The molecule has 0 amide bonds. The number of pyridine rings is 2. The fourth-order valence-corrected chi connectivity index (χ4v) is 1.96. The second-order valence-corrected chi connectivity index (χ2v) is 4.56. The van der Waals surface area contributed by atoms with Gasteiger partial charge in [-0.15, -0.1) is 0 Å². The summed E-state index contributed by atoms with van der Waals surface area (Å²) >= 11 is 0. The van der Waals surface area contributed by atoms with Crippen molar-refractivity contribution in [2.75, 3.05) is 11.9 Å². The molecule has 3 aromatic rings. The molecule has 0 aromatic carbocycles. The first-order chi connectivity index (χ1) is 10.7. The van der Waals surface area contributed by atoms with Crippen LogP contribution in [0.3, 0.4) is 0 Å². The molecule has 5 nitrogen and oxygen atoms in total. The summed E-state index contributed by atoms with van der Waals surface area (Å²) in [6, 6.07) is 8.93. The molecule has 22 heavy (non-hydrogen) atoms. The molecular weight excluding hydrogens is 288 g/mol. The fourth-order valence-electron chi connectivity index (χ4n) is 1.96. The average Bonchev–Trinajstić information content (AvgIpc) is 3.04. The van der Waals surface area contributed by atoms with Gasteiger partial charge in [-0.1, -0.05) is 6.07 Å². The molecule has 1 N–H and O–H groups in total. The van der Waals surface area contributed by atoms with Crippen LogP contribution in [0.4, 0.5) is 14.6 Å². The standard InChI is InChI=1S/C15H13F2N5/c16-14(17)9-19-15-5-1-4-13(21-15)11-7-20-22(10-11)12-3-2-6-18-8-12/h1-8,10,14H,9H2,(H,19,21). The Bertz CT molecular complexity index is 742. The number of aromatic nitrogens is 4. The topological polar surface area (TPSA) is 55.6 Å². The molecule has 0 aliphatic heterocycles. The molecule has 0 radical (unpaired) electrons. The number of hydrogen-bond acceptors (Lipinski definition) is 4. The van der Waals surface area contributed by atoms with E-state index in [-0.39, 0.29) is 0 Å². The van der Waals surface area contributed by atoms with Gasteiger partial charge in [0.05, 0.1) is 30.3 Å². The predicted octanol–water partition coefficient (Wildman–Crippen LogP) is 3.01. The largest absolute Gasteiger partial charge is 0.364 e. The smallest absolute Gasteiger partial charge is 0.255 e. The molecule has 0 atom stereocenters. The van der Waals surface area contributed by atoms with Gasteiger partial charge in [-0.25, -0.2) is 18.4 Å². The lowest BCUT2D eigenvalue weighted by atomic mass is 10.2. The Morgan fingerprint density at radius 1 is 1.14 bits per heavy atom. The van der Waals surface area contributed by atoms with E-state index in [4.69, 9.17) is 0 Å². The van der Waals surface area contributed by atoms with E-state index in [2.05, 4.69) is 20.4 Å². The van der Waals surface area contributed by atoms with Crippen molar-refractivity contribution < 1.29 is 8.78 Å². The summed E-state index contributed by atoms with van der Waals surface area (Å²) in [5.41, 5.74) is 2.29. The van der Waals surface area contributed by atoms with Gasteiger partial charge in [0.15, 0.2) is 0 Å². The molecular formula is C15H13F2N5. The molecule has 0 unspecified atom stereocenters. The Hall–Kier alpha value is -2.83. The maximum absolute atomic E-state index is 12.2. The van der Waals surface area contributed by atoms with Crippen LogP contribution in [0.5, 0.6) is 0 Å². The van der Waals surface area contributed by atoms with E-state index >= 15 is 0 Å². The van der Waals surface area contributed by atoms with Crippen LogP contribution in [0.2, 0.25) is 0 Å². The zero-order chi connectivity index (χ0) is 15.4. The molecule has 3 aromatic heterocycles. The van der Waals surface area contributed by atoms with E-state index in [0.717, 1.165) is 11.3 Å².